The fraction of sp³-hybridized carbons (Fsp3) is 0.750. The van der Waals surface area contributed by atoms with E-state index >= 15 is 0 Å². The summed E-state index contributed by atoms with van der Waals surface area (Å²) in [5.41, 5.74) is -0.261. The molecule has 3 fully saturated rings. The lowest BCUT2D eigenvalue weighted by Gasteiger charge is -2.40. The van der Waals surface area contributed by atoms with Crippen LogP contribution in [0.1, 0.15) is 19.8 Å². The molecule has 4 rings (SSSR count). The summed E-state index contributed by atoms with van der Waals surface area (Å²) in [4.78, 5) is 23.4. The summed E-state index contributed by atoms with van der Waals surface area (Å²) in [6.07, 6.45) is 6.07. The van der Waals surface area contributed by atoms with Gasteiger partial charge in [0.15, 0.2) is 0 Å². The highest BCUT2D eigenvalue weighted by Crippen LogP contribution is 2.30. The predicted molar refractivity (Wildman–Crippen MR) is 114 cm³/mol. The van der Waals surface area contributed by atoms with Gasteiger partial charge in [0.2, 0.25) is 22.3 Å². The zero-order chi connectivity index (χ0) is 21.9. The molecule has 0 radical (unpaired) electrons. The highest BCUT2D eigenvalue weighted by molar-refractivity contribution is 7.89. The van der Waals surface area contributed by atoms with Crippen molar-refractivity contribution in [2.24, 2.45) is 11.3 Å². The van der Waals surface area contributed by atoms with Gasteiger partial charge in [0.25, 0.3) is 0 Å². The molecule has 10 nitrogen and oxygen atoms in total. The van der Waals surface area contributed by atoms with Crippen molar-refractivity contribution in [3.05, 3.63) is 12.4 Å². The fourth-order valence-electron chi connectivity index (χ4n) is 4.24. The van der Waals surface area contributed by atoms with Crippen molar-refractivity contribution in [3.8, 4) is 5.88 Å². The monoisotopic (exact) mass is 453 g/mol. The summed E-state index contributed by atoms with van der Waals surface area (Å²) in [6, 6.07) is 0. The van der Waals surface area contributed by atoms with Gasteiger partial charge in [-0.3, -0.25) is 4.79 Å². The Balaban J connectivity index is 1.23. The van der Waals surface area contributed by atoms with E-state index in [1.165, 1.54) is 0 Å². The molecule has 0 bridgehead atoms. The molecule has 3 aliphatic heterocycles. The van der Waals surface area contributed by atoms with Crippen molar-refractivity contribution in [2.45, 2.75) is 19.8 Å². The maximum absolute atomic E-state index is 12.7. The standard InChI is InChI=1S/C20H31N5O5S/c1-20(13-29-14-20)15-31(27,28)25-8-6-24(7-9-25)18-10-22-19(11-21-18)30-12-17-2-4-23(16-26)5-3-17/h10-11,16-17H,2-9,12-15H2,1H3. The number of piperidine rings is 1. The first-order valence-corrected chi connectivity index (χ1v) is 12.4. The van der Waals surface area contributed by atoms with E-state index in [0.717, 1.165) is 38.2 Å². The molecule has 4 heterocycles. The maximum Gasteiger partial charge on any atom is 0.232 e. The number of nitrogens with zero attached hydrogens (tertiary/aromatic N) is 5. The number of piperazine rings is 1. The number of likely N-dealkylation sites (tertiary alicyclic amines) is 1. The van der Waals surface area contributed by atoms with Crippen LogP contribution in [0, 0.1) is 11.3 Å². The summed E-state index contributed by atoms with van der Waals surface area (Å²) < 4.78 is 38.0. The molecule has 0 N–H and O–H groups in total. The van der Waals surface area contributed by atoms with Crippen LogP contribution >= 0.6 is 0 Å². The number of hydrogen-bond acceptors (Lipinski definition) is 8. The Morgan fingerprint density at radius 3 is 2.39 bits per heavy atom. The first kappa shape index (κ1) is 22.2. The Labute approximate surface area is 183 Å². The molecular formula is C20H31N5O5S. The van der Waals surface area contributed by atoms with Gasteiger partial charge in [-0.2, -0.15) is 4.31 Å². The van der Waals surface area contributed by atoms with Crippen LogP contribution in [0.15, 0.2) is 12.4 Å². The van der Waals surface area contributed by atoms with E-state index in [1.54, 1.807) is 21.6 Å². The lowest BCUT2D eigenvalue weighted by molar-refractivity contribution is -0.119. The summed E-state index contributed by atoms with van der Waals surface area (Å²) in [6.45, 7) is 7.14. The van der Waals surface area contributed by atoms with Crippen molar-refractivity contribution < 1.29 is 22.7 Å². The highest BCUT2D eigenvalue weighted by atomic mass is 32.2. The normalized spacial score (nSPS) is 22.7. The van der Waals surface area contributed by atoms with Gasteiger partial charge in [0.1, 0.15) is 5.82 Å². The van der Waals surface area contributed by atoms with Crippen LogP contribution in [0.2, 0.25) is 0 Å². The van der Waals surface area contributed by atoms with Crippen molar-refractivity contribution in [2.75, 3.05) is 69.7 Å². The molecule has 172 valence electrons. The number of anilines is 1. The minimum absolute atomic E-state index is 0.139. The van der Waals surface area contributed by atoms with E-state index < -0.39 is 10.0 Å². The quantitative estimate of drug-likeness (QED) is 0.515. The molecule has 0 spiro atoms. The second-order valence-electron chi connectivity index (χ2n) is 9.05. The van der Waals surface area contributed by atoms with Crippen LogP contribution < -0.4 is 9.64 Å². The lowest BCUT2D eigenvalue weighted by Crippen LogP contribution is -2.53. The minimum atomic E-state index is -3.29. The van der Waals surface area contributed by atoms with Crippen molar-refractivity contribution >= 4 is 22.3 Å². The smallest absolute Gasteiger partial charge is 0.232 e. The topological polar surface area (TPSA) is 105 Å². The van der Waals surface area contributed by atoms with Crippen molar-refractivity contribution in [1.82, 2.24) is 19.2 Å². The average Bonchev–Trinajstić information content (AvgIpc) is 2.77. The second-order valence-corrected chi connectivity index (χ2v) is 11.0. The maximum atomic E-state index is 12.7. The number of aromatic nitrogens is 2. The average molecular weight is 454 g/mol. The second kappa shape index (κ2) is 9.25. The predicted octanol–water partition coefficient (Wildman–Crippen LogP) is 0.212. The Morgan fingerprint density at radius 1 is 1.13 bits per heavy atom. The molecule has 1 aromatic rings. The molecule has 3 aliphatic rings. The molecule has 0 atom stereocenters. The van der Waals surface area contributed by atoms with E-state index in [0.29, 0.717) is 57.8 Å². The summed E-state index contributed by atoms with van der Waals surface area (Å²) in [5.74, 6) is 1.77. The number of rotatable bonds is 8. The fourth-order valence-corrected chi connectivity index (χ4v) is 6.19. The van der Waals surface area contributed by atoms with Gasteiger partial charge in [-0.15, -0.1) is 0 Å². The third-order valence-electron chi connectivity index (χ3n) is 6.27. The van der Waals surface area contributed by atoms with Crippen LogP contribution in [-0.2, 0) is 19.6 Å². The van der Waals surface area contributed by atoms with Crippen LogP contribution in [-0.4, -0.2) is 98.8 Å². The number of hydrogen-bond donors (Lipinski definition) is 0. The van der Waals surface area contributed by atoms with Gasteiger partial charge >= 0.3 is 0 Å². The Morgan fingerprint density at radius 2 is 1.84 bits per heavy atom. The van der Waals surface area contributed by atoms with Gasteiger partial charge in [-0.05, 0) is 18.8 Å². The Hall–Kier alpha value is -1.98. The number of carbonyl (C=O) groups excluding carboxylic acids is 1. The molecule has 1 amide bonds. The van der Waals surface area contributed by atoms with Crippen LogP contribution in [0.3, 0.4) is 0 Å². The molecule has 0 saturated carbocycles. The summed E-state index contributed by atoms with van der Waals surface area (Å²) >= 11 is 0. The van der Waals surface area contributed by atoms with Crippen LogP contribution in [0.4, 0.5) is 5.82 Å². The number of amides is 1. The summed E-state index contributed by atoms with van der Waals surface area (Å²) in [7, 11) is -3.29. The first-order chi connectivity index (χ1) is 14.9. The van der Waals surface area contributed by atoms with E-state index in [9.17, 15) is 13.2 Å². The van der Waals surface area contributed by atoms with E-state index in [2.05, 4.69) is 9.97 Å². The highest BCUT2D eigenvalue weighted by Gasteiger charge is 2.40. The molecule has 0 unspecified atom stereocenters. The van der Waals surface area contributed by atoms with E-state index in [1.807, 2.05) is 11.8 Å². The Kier molecular flexibility index (Phi) is 6.63. The molecular weight excluding hydrogens is 422 g/mol. The van der Waals surface area contributed by atoms with Gasteiger partial charge in [-0.1, -0.05) is 6.92 Å². The first-order valence-electron chi connectivity index (χ1n) is 10.8. The molecule has 0 aromatic carbocycles. The number of sulfonamides is 1. The van der Waals surface area contributed by atoms with Gasteiger partial charge in [0.05, 0.1) is 38.0 Å². The van der Waals surface area contributed by atoms with Crippen LogP contribution in [0.5, 0.6) is 5.88 Å². The molecule has 1 aromatic heterocycles. The minimum Gasteiger partial charge on any atom is -0.476 e. The third-order valence-corrected chi connectivity index (χ3v) is 8.48. The largest absolute Gasteiger partial charge is 0.476 e. The molecule has 0 aliphatic carbocycles. The SMILES string of the molecule is CC1(CS(=O)(=O)N2CCN(c3cnc(OCC4CCN(C=O)CC4)cn3)CC2)COC1. The van der Waals surface area contributed by atoms with E-state index in [4.69, 9.17) is 9.47 Å². The van der Waals surface area contributed by atoms with Crippen molar-refractivity contribution in [1.29, 1.82) is 0 Å². The van der Waals surface area contributed by atoms with Gasteiger partial charge in [0, 0.05) is 44.7 Å². The van der Waals surface area contributed by atoms with Crippen LogP contribution in [0.25, 0.3) is 0 Å². The lowest BCUT2D eigenvalue weighted by atomic mass is 9.92. The Bertz CT molecular complexity index is 845. The van der Waals surface area contributed by atoms with Gasteiger partial charge in [-0.25, -0.2) is 18.4 Å². The van der Waals surface area contributed by atoms with Crippen molar-refractivity contribution in [3.63, 3.8) is 0 Å². The zero-order valence-electron chi connectivity index (χ0n) is 18.0. The molecule has 3 saturated heterocycles. The van der Waals surface area contributed by atoms with E-state index in [-0.39, 0.29) is 11.2 Å². The third kappa shape index (κ3) is 5.45. The zero-order valence-corrected chi connectivity index (χ0v) is 18.8. The molecule has 11 heteroatoms. The molecule has 31 heavy (non-hydrogen) atoms. The summed E-state index contributed by atoms with van der Waals surface area (Å²) in [5, 5.41) is 0. The number of ether oxygens (including phenoxy) is 2. The van der Waals surface area contributed by atoms with Gasteiger partial charge < -0.3 is 19.3 Å². The number of carbonyl (C=O) groups is 1.